The van der Waals surface area contributed by atoms with Crippen molar-refractivity contribution in [3.8, 4) is 0 Å². The van der Waals surface area contributed by atoms with Gasteiger partial charge >= 0.3 is 0 Å². The lowest BCUT2D eigenvalue weighted by atomic mass is 10.0. The van der Waals surface area contributed by atoms with Gasteiger partial charge < -0.3 is 10.6 Å². The van der Waals surface area contributed by atoms with E-state index in [2.05, 4.69) is 10.6 Å². The summed E-state index contributed by atoms with van der Waals surface area (Å²) in [7, 11) is 0. The highest BCUT2D eigenvalue weighted by molar-refractivity contribution is 8.18. The van der Waals surface area contributed by atoms with Crippen LogP contribution in [0.25, 0.3) is 6.08 Å². The van der Waals surface area contributed by atoms with E-state index in [0.29, 0.717) is 0 Å². The van der Waals surface area contributed by atoms with Gasteiger partial charge in [-0.15, -0.1) is 0 Å². The maximum Gasteiger partial charge on any atom is 0.293 e. The average molecular weight is 456 g/mol. The summed E-state index contributed by atoms with van der Waals surface area (Å²) in [5, 5.41) is 4.94. The average Bonchev–Trinajstić information content (AvgIpc) is 3.02. The third-order valence-electron chi connectivity index (χ3n) is 4.69. The van der Waals surface area contributed by atoms with Gasteiger partial charge in [0.05, 0.1) is 17.4 Å². The Morgan fingerprint density at radius 3 is 2.47 bits per heavy atom. The van der Waals surface area contributed by atoms with Crippen molar-refractivity contribution in [2.24, 2.45) is 0 Å². The van der Waals surface area contributed by atoms with E-state index in [9.17, 15) is 23.6 Å². The third-order valence-corrected chi connectivity index (χ3v) is 5.60. The summed E-state index contributed by atoms with van der Waals surface area (Å²) in [5.41, 5.74) is 1.01. The molecule has 0 bridgehead atoms. The molecule has 0 aliphatic carbocycles. The van der Waals surface area contributed by atoms with Gasteiger partial charge in [0.2, 0.25) is 11.8 Å². The molecule has 2 N–H and O–H groups in total. The molecule has 7 nitrogen and oxygen atoms in total. The van der Waals surface area contributed by atoms with Gasteiger partial charge in [0.15, 0.2) is 0 Å². The Hall–Kier alpha value is -3.46. The highest BCUT2D eigenvalue weighted by Crippen LogP contribution is 2.32. The van der Waals surface area contributed by atoms with E-state index in [0.717, 1.165) is 22.2 Å². The van der Waals surface area contributed by atoms with E-state index < -0.39 is 23.0 Å². The molecule has 0 saturated carbocycles. The molecule has 1 aliphatic rings. The maximum atomic E-state index is 13.8. The van der Waals surface area contributed by atoms with Gasteiger partial charge in [-0.3, -0.25) is 24.1 Å². The molecular weight excluding hydrogens is 433 g/mol. The van der Waals surface area contributed by atoms with Crippen LogP contribution in [0.15, 0.2) is 59.5 Å². The van der Waals surface area contributed by atoms with Gasteiger partial charge in [0.25, 0.3) is 11.1 Å². The van der Waals surface area contributed by atoms with Crippen LogP contribution in [0.2, 0.25) is 0 Å². The molecule has 0 spiro atoms. The molecular formula is C23H22FN3O4S. The molecule has 0 radical (unpaired) electrons. The first-order valence-corrected chi connectivity index (χ1v) is 10.8. The largest absolute Gasteiger partial charge is 0.354 e. The normalized spacial score (nSPS) is 15.7. The monoisotopic (exact) mass is 455 g/mol. The van der Waals surface area contributed by atoms with E-state index in [-0.39, 0.29) is 41.8 Å². The molecule has 9 heteroatoms. The molecule has 166 valence electrons. The molecule has 32 heavy (non-hydrogen) atoms. The minimum absolute atomic E-state index is 0.0126. The van der Waals surface area contributed by atoms with Crippen LogP contribution in [0, 0.1) is 5.82 Å². The summed E-state index contributed by atoms with van der Waals surface area (Å²) >= 11 is 0.731. The van der Waals surface area contributed by atoms with Crippen molar-refractivity contribution in [1.29, 1.82) is 0 Å². The summed E-state index contributed by atoms with van der Waals surface area (Å²) in [6, 6.07) is 14.6. The van der Waals surface area contributed by atoms with E-state index in [4.69, 9.17) is 0 Å². The molecule has 1 unspecified atom stereocenters. The van der Waals surface area contributed by atoms with Crippen molar-refractivity contribution >= 4 is 40.8 Å². The fourth-order valence-corrected chi connectivity index (χ4v) is 4.03. The van der Waals surface area contributed by atoms with Crippen molar-refractivity contribution in [2.75, 3.05) is 13.1 Å². The van der Waals surface area contributed by atoms with E-state index in [1.807, 2.05) is 30.3 Å². The third kappa shape index (κ3) is 6.04. The van der Waals surface area contributed by atoms with Crippen LogP contribution in [0.4, 0.5) is 9.18 Å². The first-order valence-electron chi connectivity index (χ1n) is 9.94. The standard InChI is InChI=1S/C23H22FN3O4S/c1-15(28)26-19(16-7-3-2-4-8-16)14-21(29)25-11-12-27-22(30)20(32-23(27)31)13-17-9-5-6-10-18(17)24/h2-10,13,19H,11-12,14H2,1H3,(H,25,29)(H,26,28)/b20-13-. The number of thioether (sulfide) groups is 1. The van der Waals surface area contributed by atoms with Crippen molar-refractivity contribution in [1.82, 2.24) is 15.5 Å². The highest BCUT2D eigenvalue weighted by atomic mass is 32.2. The predicted octanol–water partition coefficient (Wildman–Crippen LogP) is 3.25. The van der Waals surface area contributed by atoms with Gasteiger partial charge in [0.1, 0.15) is 5.82 Å². The number of benzene rings is 2. The topological polar surface area (TPSA) is 95.6 Å². The van der Waals surface area contributed by atoms with Gasteiger partial charge in [0, 0.05) is 25.6 Å². The lowest BCUT2D eigenvalue weighted by molar-refractivity contribution is -0.125. The quantitative estimate of drug-likeness (QED) is 0.596. The Labute approximate surface area is 189 Å². The fraction of sp³-hybridized carbons (Fsp3) is 0.217. The van der Waals surface area contributed by atoms with E-state index in [1.165, 1.54) is 31.2 Å². The lowest BCUT2D eigenvalue weighted by Crippen LogP contribution is -2.38. The van der Waals surface area contributed by atoms with Gasteiger partial charge in [-0.1, -0.05) is 48.5 Å². The van der Waals surface area contributed by atoms with Crippen molar-refractivity contribution in [3.05, 3.63) is 76.4 Å². The van der Waals surface area contributed by atoms with Gasteiger partial charge in [-0.05, 0) is 29.5 Å². The number of carbonyl (C=O) groups is 4. The second-order valence-corrected chi connectivity index (χ2v) is 8.07. The minimum atomic E-state index is -0.530. The zero-order chi connectivity index (χ0) is 23.1. The second-order valence-electron chi connectivity index (χ2n) is 7.07. The number of nitrogens with zero attached hydrogens (tertiary/aromatic N) is 1. The summed E-state index contributed by atoms with van der Waals surface area (Å²) < 4.78 is 13.8. The van der Waals surface area contributed by atoms with Crippen LogP contribution in [-0.2, 0) is 14.4 Å². The van der Waals surface area contributed by atoms with Crippen molar-refractivity contribution < 1.29 is 23.6 Å². The summed E-state index contributed by atoms with van der Waals surface area (Å²) in [4.78, 5) is 49.7. The maximum absolute atomic E-state index is 13.8. The van der Waals surface area contributed by atoms with Crippen LogP contribution in [0.3, 0.4) is 0 Å². The molecule has 1 heterocycles. The molecule has 1 atom stereocenters. The Bertz CT molecular complexity index is 1060. The van der Waals surface area contributed by atoms with Crippen LogP contribution < -0.4 is 10.6 Å². The van der Waals surface area contributed by atoms with Crippen molar-refractivity contribution in [3.63, 3.8) is 0 Å². The first kappa shape index (κ1) is 23.2. The number of imide groups is 1. The Balaban J connectivity index is 1.55. The minimum Gasteiger partial charge on any atom is -0.354 e. The zero-order valence-electron chi connectivity index (χ0n) is 17.3. The Kier molecular flexibility index (Phi) is 7.77. The molecule has 1 fully saturated rings. The van der Waals surface area contributed by atoms with Gasteiger partial charge in [-0.2, -0.15) is 0 Å². The van der Waals surface area contributed by atoms with Crippen LogP contribution >= 0.6 is 11.8 Å². The smallest absolute Gasteiger partial charge is 0.293 e. The number of rotatable bonds is 8. The predicted molar refractivity (Wildman–Crippen MR) is 120 cm³/mol. The van der Waals surface area contributed by atoms with E-state index in [1.54, 1.807) is 6.07 Å². The zero-order valence-corrected chi connectivity index (χ0v) is 18.2. The molecule has 2 aromatic rings. The number of nitrogens with one attached hydrogen (secondary N) is 2. The molecule has 1 aliphatic heterocycles. The molecule has 2 aromatic carbocycles. The molecule has 0 aromatic heterocycles. The number of amides is 4. The van der Waals surface area contributed by atoms with Crippen LogP contribution in [0.1, 0.15) is 30.5 Å². The number of carbonyl (C=O) groups excluding carboxylic acids is 4. The van der Waals surface area contributed by atoms with E-state index >= 15 is 0 Å². The summed E-state index contributed by atoms with van der Waals surface area (Å²) in [5.74, 6) is -1.61. The first-order chi connectivity index (χ1) is 15.3. The fourth-order valence-electron chi connectivity index (χ4n) is 3.17. The molecule has 4 amide bonds. The number of halogens is 1. The summed E-state index contributed by atoms with van der Waals surface area (Å²) in [6.07, 6.45) is 1.36. The van der Waals surface area contributed by atoms with Crippen LogP contribution in [0.5, 0.6) is 0 Å². The number of hydrogen-bond donors (Lipinski definition) is 2. The SMILES string of the molecule is CC(=O)NC(CC(=O)NCCN1C(=O)S/C(=C\c2ccccc2F)C1=O)c1ccccc1. The Morgan fingerprint density at radius 1 is 1.09 bits per heavy atom. The number of hydrogen-bond acceptors (Lipinski definition) is 5. The highest BCUT2D eigenvalue weighted by Gasteiger charge is 2.34. The Morgan fingerprint density at radius 2 is 1.78 bits per heavy atom. The van der Waals surface area contributed by atoms with Gasteiger partial charge in [-0.25, -0.2) is 4.39 Å². The molecule has 1 saturated heterocycles. The molecule has 3 rings (SSSR count). The second kappa shape index (κ2) is 10.7. The summed E-state index contributed by atoms with van der Waals surface area (Å²) in [6.45, 7) is 1.43. The van der Waals surface area contributed by atoms with Crippen molar-refractivity contribution in [2.45, 2.75) is 19.4 Å². The van der Waals surface area contributed by atoms with Crippen LogP contribution in [-0.4, -0.2) is 41.0 Å². The lowest BCUT2D eigenvalue weighted by Gasteiger charge is -2.18.